The van der Waals surface area contributed by atoms with Crippen molar-refractivity contribution in [3.63, 3.8) is 0 Å². The van der Waals surface area contributed by atoms with Gasteiger partial charge in [-0.2, -0.15) is 0 Å². The summed E-state index contributed by atoms with van der Waals surface area (Å²) in [4.78, 5) is 10.9. The van der Waals surface area contributed by atoms with E-state index in [-0.39, 0.29) is 0 Å². The highest BCUT2D eigenvalue weighted by atomic mass is 16.3. The molecule has 8 aromatic carbocycles. The Morgan fingerprint density at radius 3 is 1.74 bits per heavy atom. The van der Waals surface area contributed by atoms with Crippen molar-refractivity contribution >= 4 is 65.6 Å². The van der Waals surface area contributed by atoms with Gasteiger partial charge in [-0.05, 0) is 53.6 Å². The lowest BCUT2D eigenvalue weighted by atomic mass is 10.0. The molecule has 0 bridgehead atoms. The van der Waals surface area contributed by atoms with Crippen molar-refractivity contribution in [2.24, 2.45) is 0 Å². The maximum Gasteiger partial charge on any atom is 0.165 e. The number of hydrogen-bond donors (Lipinski definition) is 0. The molecule has 4 aromatic heterocycles. The quantitative estimate of drug-likeness (QED) is 0.177. The number of furan rings is 1. The molecular formula is C52H32N4O. The van der Waals surface area contributed by atoms with Gasteiger partial charge in [0.05, 0.1) is 33.3 Å². The van der Waals surface area contributed by atoms with Crippen molar-refractivity contribution in [3.8, 4) is 45.3 Å². The van der Waals surface area contributed by atoms with Crippen LogP contribution in [0.5, 0.6) is 0 Å². The molecule has 5 heteroatoms. The topological polar surface area (TPSA) is 48.8 Å². The maximum atomic E-state index is 6.60. The van der Waals surface area contributed by atoms with Gasteiger partial charge in [-0.25, -0.2) is 9.97 Å². The number of benzene rings is 8. The van der Waals surface area contributed by atoms with Crippen LogP contribution in [0.15, 0.2) is 199 Å². The van der Waals surface area contributed by atoms with E-state index in [2.05, 4.69) is 191 Å². The first-order valence-corrected chi connectivity index (χ1v) is 19.3. The normalized spacial score (nSPS) is 11.9. The van der Waals surface area contributed by atoms with E-state index in [0.29, 0.717) is 5.82 Å². The molecule has 0 spiro atoms. The molecule has 266 valence electrons. The monoisotopic (exact) mass is 728 g/mol. The van der Waals surface area contributed by atoms with Gasteiger partial charge in [0.25, 0.3) is 0 Å². The fourth-order valence-electron chi connectivity index (χ4n) is 8.81. The zero-order chi connectivity index (χ0) is 37.5. The van der Waals surface area contributed by atoms with E-state index >= 15 is 0 Å². The van der Waals surface area contributed by atoms with Crippen LogP contribution >= 0.6 is 0 Å². The van der Waals surface area contributed by atoms with Gasteiger partial charge in [-0.3, -0.25) is 4.57 Å². The third-order valence-electron chi connectivity index (χ3n) is 11.3. The molecule has 0 N–H and O–H groups in total. The SMILES string of the molecule is c1ccc(-c2cccc(-c3cc(-n4c5ccccc5c5ccc6c7ccccc7n(-c7ccccc7)c6c54)nc(-c4cccc5c4oc4ccccc45)n3)c2)cc1. The van der Waals surface area contributed by atoms with E-state index < -0.39 is 0 Å². The Morgan fingerprint density at radius 2 is 0.965 bits per heavy atom. The number of hydrogen-bond acceptors (Lipinski definition) is 3. The van der Waals surface area contributed by atoms with E-state index in [4.69, 9.17) is 14.4 Å². The Morgan fingerprint density at radius 1 is 0.386 bits per heavy atom. The molecule has 0 radical (unpaired) electrons. The van der Waals surface area contributed by atoms with E-state index in [1.165, 1.54) is 10.8 Å². The maximum absolute atomic E-state index is 6.60. The molecule has 0 unspecified atom stereocenters. The zero-order valence-electron chi connectivity index (χ0n) is 30.7. The summed E-state index contributed by atoms with van der Waals surface area (Å²) in [7, 11) is 0. The predicted molar refractivity (Wildman–Crippen MR) is 234 cm³/mol. The molecule has 4 heterocycles. The van der Waals surface area contributed by atoms with Crippen molar-refractivity contribution in [2.75, 3.05) is 0 Å². The van der Waals surface area contributed by atoms with Gasteiger partial charge in [0.2, 0.25) is 0 Å². The fourth-order valence-corrected chi connectivity index (χ4v) is 8.81. The van der Waals surface area contributed by atoms with Gasteiger partial charge in [-0.15, -0.1) is 0 Å². The summed E-state index contributed by atoms with van der Waals surface area (Å²) >= 11 is 0. The lowest BCUT2D eigenvalue weighted by molar-refractivity contribution is 0.669. The van der Waals surface area contributed by atoms with Crippen LogP contribution < -0.4 is 0 Å². The molecule has 0 saturated carbocycles. The number of nitrogens with zero attached hydrogens (tertiary/aromatic N) is 4. The second-order valence-electron chi connectivity index (χ2n) is 14.6. The van der Waals surface area contributed by atoms with Crippen molar-refractivity contribution < 1.29 is 4.42 Å². The highest BCUT2D eigenvalue weighted by molar-refractivity contribution is 6.23. The van der Waals surface area contributed by atoms with Crippen LogP contribution in [-0.2, 0) is 0 Å². The Balaban J connectivity index is 1.22. The highest BCUT2D eigenvalue weighted by Gasteiger charge is 2.23. The molecule has 0 saturated heterocycles. The van der Waals surface area contributed by atoms with Crippen LogP contribution in [0.2, 0.25) is 0 Å². The summed E-state index contributed by atoms with van der Waals surface area (Å²) in [5.74, 6) is 1.37. The molecule has 0 aliphatic carbocycles. The van der Waals surface area contributed by atoms with Crippen LogP contribution in [-0.4, -0.2) is 19.1 Å². The summed E-state index contributed by atoms with van der Waals surface area (Å²) in [6.45, 7) is 0. The molecule has 5 nitrogen and oxygen atoms in total. The number of para-hydroxylation sites is 5. The average molecular weight is 729 g/mol. The summed E-state index contributed by atoms with van der Waals surface area (Å²) in [5.41, 5.74) is 12.1. The van der Waals surface area contributed by atoms with Crippen LogP contribution in [0.25, 0.3) is 111 Å². The van der Waals surface area contributed by atoms with Gasteiger partial charge in [0.1, 0.15) is 17.0 Å². The van der Waals surface area contributed by atoms with Crippen molar-refractivity contribution in [1.82, 2.24) is 19.1 Å². The van der Waals surface area contributed by atoms with E-state index in [0.717, 1.165) is 94.2 Å². The number of rotatable bonds is 5. The third kappa shape index (κ3) is 4.82. The second kappa shape index (κ2) is 12.4. The predicted octanol–water partition coefficient (Wildman–Crippen LogP) is 13.6. The third-order valence-corrected chi connectivity index (χ3v) is 11.3. The fraction of sp³-hybridized carbons (Fsp3) is 0. The molecular weight excluding hydrogens is 697 g/mol. The summed E-state index contributed by atoms with van der Waals surface area (Å²) in [6.07, 6.45) is 0. The smallest absolute Gasteiger partial charge is 0.165 e. The minimum absolute atomic E-state index is 0.596. The summed E-state index contributed by atoms with van der Waals surface area (Å²) < 4.78 is 11.4. The molecule has 0 fully saturated rings. The van der Waals surface area contributed by atoms with Gasteiger partial charge in [-0.1, -0.05) is 146 Å². The molecule has 12 aromatic rings. The number of aromatic nitrogens is 4. The Hall–Kier alpha value is -7.76. The van der Waals surface area contributed by atoms with Crippen LogP contribution in [0, 0.1) is 0 Å². The van der Waals surface area contributed by atoms with Crippen molar-refractivity contribution in [1.29, 1.82) is 0 Å². The highest BCUT2D eigenvalue weighted by Crippen LogP contribution is 2.43. The van der Waals surface area contributed by atoms with Gasteiger partial charge < -0.3 is 8.98 Å². The largest absolute Gasteiger partial charge is 0.455 e. The van der Waals surface area contributed by atoms with Crippen LogP contribution in [0.4, 0.5) is 0 Å². The molecule has 57 heavy (non-hydrogen) atoms. The van der Waals surface area contributed by atoms with Crippen molar-refractivity contribution in [2.45, 2.75) is 0 Å². The summed E-state index contributed by atoms with van der Waals surface area (Å²) in [6, 6.07) is 68.3. The van der Waals surface area contributed by atoms with Gasteiger partial charge in [0.15, 0.2) is 5.82 Å². The minimum atomic E-state index is 0.596. The van der Waals surface area contributed by atoms with E-state index in [1.807, 2.05) is 12.1 Å². The van der Waals surface area contributed by atoms with Crippen molar-refractivity contribution in [3.05, 3.63) is 194 Å². The minimum Gasteiger partial charge on any atom is -0.455 e. The first-order valence-electron chi connectivity index (χ1n) is 19.3. The second-order valence-corrected chi connectivity index (χ2v) is 14.6. The Kier molecular flexibility index (Phi) is 6.86. The Labute approximate surface area is 327 Å². The molecule has 0 amide bonds. The van der Waals surface area contributed by atoms with E-state index in [1.54, 1.807) is 0 Å². The summed E-state index contributed by atoms with van der Waals surface area (Å²) in [5, 5.41) is 6.81. The van der Waals surface area contributed by atoms with E-state index in [9.17, 15) is 0 Å². The van der Waals surface area contributed by atoms with Crippen LogP contribution in [0.3, 0.4) is 0 Å². The molecule has 0 aliphatic heterocycles. The molecule has 0 aliphatic rings. The lowest BCUT2D eigenvalue weighted by Gasteiger charge is -2.14. The first-order chi connectivity index (χ1) is 28.3. The first kappa shape index (κ1) is 31.6. The molecule has 12 rings (SSSR count). The van der Waals surface area contributed by atoms with Crippen LogP contribution in [0.1, 0.15) is 0 Å². The number of fused-ring (bicyclic) bond motifs is 10. The molecule has 0 atom stereocenters. The average Bonchev–Trinajstić information content (AvgIpc) is 3.95. The lowest BCUT2D eigenvalue weighted by Crippen LogP contribution is -2.04. The zero-order valence-corrected chi connectivity index (χ0v) is 30.7. The standard InChI is InChI=1S/C52H32N4O/c1-3-15-33(16-4-1)34-17-13-18-35(31-34)44-32-48(54-52(53-44)43-25-14-24-42-39-23-9-12-28-47(39)57-51(42)43)56-46-27-11-8-22-38(46)41-30-29-40-37-21-7-10-26-45(37)55(49(40)50(41)56)36-19-5-2-6-20-36/h1-32H. The van der Waals surface area contributed by atoms with Gasteiger partial charge in [0, 0.05) is 49.6 Å². The van der Waals surface area contributed by atoms with Gasteiger partial charge >= 0.3 is 0 Å². The Bertz CT molecular complexity index is 3520.